The third-order valence-corrected chi connectivity index (χ3v) is 3.40. The first-order valence-corrected chi connectivity index (χ1v) is 7.80. The number of nitrogens with zero attached hydrogens (tertiary/aromatic N) is 2. The van der Waals surface area contributed by atoms with Crippen LogP contribution in [-0.2, 0) is 9.47 Å². The van der Waals surface area contributed by atoms with Crippen LogP contribution in [0.4, 0.5) is 11.5 Å². The summed E-state index contributed by atoms with van der Waals surface area (Å²) >= 11 is 0. The molecular formula is C15H26N4O3. The van der Waals surface area contributed by atoms with Gasteiger partial charge in [-0.15, -0.1) is 0 Å². The molecule has 1 unspecified atom stereocenters. The maximum atomic E-state index is 6.04. The van der Waals surface area contributed by atoms with Crippen LogP contribution in [0.25, 0.3) is 0 Å². The standard InChI is InChI=1S/C15H26N4O3/c1-10(2)21-9-5-7-17-14-12(16)15(20-3)19-13(18-14)11-6-4-8-22-11/h10-11H,4-9,16H2,1-3H3,(H,17,18,19). The van der Waals surface area contributed by atoms with Crippen molar-refractivity contribution >= 4 is 11.5 Å². The molecule has 1 aromatic rings. The Hall–Kier alpha value is -1.60. The summed E-state index contributed by atoms with van der Waals surface area (Å²) in [5.74, 6) is 1.62. The first-order chi connectivity index (χ1) is 10.6. The second-order valence-electron chi connectivity index (χ2n) is 5.55. The van der Waals surface area contributed by atoms with Gasteiger partial charge in [0.2, 0.25) is 5.88 Å². The van der Waals surface area contributed by atoms with Crippen LogP contribution in [0.5, 0.6) is 5.88 Å². The highest BCUT2D eigenvalue weighted by Gasteiger charge is 2.23. The molecule has 3 N–H and O–H groups in total. The second kappa shape index (κ2) is 8.14. The number of rotatable bonds is 8. The Morgan fingerprint density at radius 2 is 2.23 bits per heavy atom. The van der Waals surface area contributed by atoms with Gasteiger partial charge in [0.05, 0.1) is 13.2 Å². The van der Waals surface area contributed by atoms with Crippen LogP contribution in [0.15, 0.2) is 0 Å². The highest BCUT2D eigenvalue weighted by atomic mass is 16.5. The van der Waals surface area contributed by atoms with Crippen molar-refractivity contribution in [2.45, 2.75) is 45.3 Å². The van der Waals surface area contributed by atoms with Crippen LogP contribution >= 0.6 is 0 Å². The van der Waals surface area contributed by atoms with Crippen molar-refractivity contribution in [3.8, 4) is 5.88 Å². The molecule has 1 saturated heterocycles. The monoisotopic (exact) mass is 310 g/mol. The zero-order valence-electron chi connectivity index (χ0n) is 13.6. The van der Waals surface area contributed by atoms with Gasteiger partial charge in [-0.1, -0.05) is 0 Å². The quantitative estimate of drug-likeness (QED) is 0.711. The fraction of sp³-hybridized carbons (Fsp3) is 0.733. The van der Waals surface area contributed by atoms with Gasteiger partial charge in [0.1, 0.15) is 11.8 Å². The molecule has 124 valence electrons. The molecule has 7 heteroatoms. The van der Waals surface area contributed by atoms with E-state index < -0.39 is 0 Å². The topological polar surface area (TPSA) is 91.5 Å². The largest absolute Gasteiger partial charge is 0.479 e. The fourth-order valence-electron chi connectivity index (χ4n) is 2.28. The predicted octanol–water partition coefficient (Wildman–Crippen LogP) is 2.15. The summed E-state index contributed by atoms with van der Waals surface area (Å²) in [4.78, 5) is 8.86. The van der Waals surface area contributed by atoms with Gasteiger partial charge in [0.25, 0.3) is 0 Å². The molecule has 0 spiro atoms. The lowest BCUT2D eigenvalue weighted by Crippen LogP contribution is -2.14. The number of ether oxygens (including phenoxy) is 3. The van der Waals surface area contributed by atoms with E-state index in [1.54, 1.807) is 7.11 Å². The average molecular weight is 310 g/mol. The highest BCUT2D eigenvalue weighted by Crippen LogP contribution is 2.32. The number of methoxy groups -OCH3 is 1. The van der Waals surface area contributed by atoms with Crippen LogP contribution < -0.4 is 15.8 Å². The number of nitrogens with two attached hydrogens (primary N) is 1. The van der Waals surface area contributed by atoms with Gasteiger partial charge in [0, 0.05) is 19.8 Å². The molecule has 1 aliphatic rings. The Kier molecular flexibility index (Phi) is 6.21. The number of nitrogen functional groups attached to an aromatic ring is 1. The van der Waals surface area contributed by atoms with Crippen molar-refractivity contribution in [3.05, 3.63) is 5.82 Å². The SMILES string of the molecule is COc1nc(C2CCCO2)nc(NCCCOC(C)C)c1N. The zero-order chi connectivity index (χ0) is 15.9. The van der Waals surface area contributed by atoms with Gasteiger partial charge in [-0.05, 0) is 33.1 Å². The molecule has 0 radical (unpaired) electrons. The van der Waals surface area contributed by atoms with Gasteiger partial charge in [-0.25, -0.2) is 4.98 Å². The number of nitrogens with one attached hydrogen (secondary N) is 1. The van der Waals surface area contributed by atoms with E-state index in [-0.39, 0.29) is 12.2 Å². The molecule has 1 aromatic heterocycles. The summed E-state index contributed by atoms with van der Waals surface area (Å²) in [5.41, 5.74) is 6.46. The number of hydrogen-bond acceptors (Lipinski definition) is 7. The Labute approximate surface area is 131 Å². The first-order valence-electron chi connectivity index (χ1n) is 7.80. The number of aromatic nitrogens is 2. The molecule has 7 nitrogen and oxygen atoms in total. The van der Waals surface area contributed by atoms with Crippen LogP contribution in [0.1, 0.15) is 45.0 Å². The molecule has 2 rings (SSSR count). The van der Waals surface area contributed by atoms with Crippen LogP contribution in [0.3, 0.4) is 0 Å². The number of anilines is 2. The van der Waals surface area contributed by atoms with E-state index in [1.807, 2.05) is 13.8 Å². The lowest BCUT2D eigenvalue weighted by Gasteiger charge is -2.15. The van der Waals surface area contributed by atoms with Crippen molar-refractivity contribution in [2.75, 3.05) is 37.9 Å². The normalized spacial score (nSPS) is 17.9. The van der Waals surface area contributed by atoms with Gasteiger partial charge < -0.3 is 25.3 Å². The molecule has 0 aromatic carbocycles. The Morgan fingerprint density at radius 3 is 2.86 bits per heavy atom. The van der Waals surface area contributed by atoms with Crippen LogP contribution in [0, 0.1) is 0 Å². The third kappa shape index (κ3) is 4.45. The fourth-order valence-corrected chi connectivity index (χ4v) is 2.28. The minimum absolute atomic E-state index is 0.0701. The van der Waals surface area contributed by atoms with E-state index >= 15 is 0 Å². The van der Waals surface area contributed by atoms with Gasteiger partial charge in [-0.2, -0.15) is 4.98 Å². The van der Waals surface area contributed by atoms with E-state index in [0.717, 1.165) is 32.4 Å². The van der Waals surface area contributed by atoms with Crippen molar-refractivity contribution < 1.29 is 14.2 Å². The first kappa shape index (κ1) is 16.8. The molecular weight excluding hydrogens is 284 g/mol. The minimum Gasteiger partial charge on any atom is -0.479 e. The van der Waals surface area contributed by atoms with E-state index in [0.29, 0.717) is 29.8 Å². The molecule has 0 saturated carbocycles. The van der Waals surface area contributed by atoms with E-state index in [2.05, 4.69) is 15.3 Å². The molecule has 1 fully saturated rings. The number of hydrogen-bond donors (Lipinski definition) is 2. The maximum Gasteiger partial charge on any atom is 0.242 e. The van der Waals surface area contributed by atoms with E-state index in [9.17, 15) is 0 Å². The second-order valence-corrected chi connectivity index (χ2v) is 5.55. The Bertz CT molecular complexity index is 476. The summed E-state index contributed by atoms with van der Waals surface area (Å²) in [6, 6.07) is 0. The van der Waals surface area contributed by atoms with Crippen molar-refractivity contribution in [1.29, 1.82) is 0 Å². The van der Waals surface area contributed by atoms with Crippen LogP contribution in [0.2, 0.25) is 0 Å². The third-order valence-electron chi connectivity index (χ3n) is 3.40. The Morgan fingerprint density at radius 1 is 1.41 bits per heavy atom. The summed E-state index contributed by atoms with van der Waals surface area (Å²) in [6.45, 7) is 6.21. The molecule has 1 aliphatic heterocycles. The molecule has 1 atom stereocenters. The highest BCUT2D eigenvalue weighted by molar-refractivity contribution is 5.66. The molecule has 0 amide bonds. The van der Waals surface area contributed by atoms with E-state index in [4.69, 9.17) is 19.9 Å². The zero-order valence-corrected chi connectivity index (χ0v) is 13.6. The van der Waals surface area contributed by atoms with Crippen LogP contribution in [-0.4, -0.2) is 42.9 Å². The molecule has 22 heavy (non-hydrogen) atoms. The smallest absolute Gasteiger partial charge is 0.242 e. The minimum atomic E-state index is -0.0701. The lowest BCUT2D eigenvalue weighted by atomic mass is 10.2. The Balaban J connectivity index is 2.00. The molecule has 2 heterocycles. The lowest BCUT2D eigenvalue weighted by molar-refractivity contribution is 0.0787. The summed E-state index contributed by atoms with van der Waals surface area (Å²) in [5, 5.41) is 3.23. The maximum absolute atomic E-state index is 6.04. The summed E-state index contributed by atoms with van der Waals surface area (Å²) < 4.78 is 16.4. The van der Waals surface area contributed by atoms with E-state index in [1.165, 1.54) is 0 Å². The van der Waals surface area contributed by atoms with Gasteiger partial charge in [-0.3, -0.25) is 0 Å². The van der Waals surface area contributed by atoms with Crippen molar-refractivity contribution in [1.82, 2.24) is 9.97 Å². The van der Waals surface area contributed by atoms with Gasteiger partial charge >= 0.3 is 0 Å². The average Bonchev–Trinajstić information content (AvgIpc) is 3.02. The van der Waals surface area contributed by atoms with Crippen molar-refractivity contribution in [2.24, 2.45) is 0 Å². The van der Waals surface area contributed by atoms with Crippen molar-refractivity contribution in [3.63, 3.8) is 0 Å². The summed E-state index contributed by atoms with van der Waals surface area (Å²) in [7, 11) is 1.55. The predicted molar refractivity (Wildman–Crippen MR) is 85.1 cm³/mol. The molecule has 0 aliphatic carbocycles. The van der Waals surface area contributed by atoms with Gasteiger partial charge in [0.15, 0.2) is 11.6 Å². The molecule has 0 bridgehead atoms. The summed E-state index contributed by atoms with van der Waals surface area (Å²) in [6.07, 6.45) is 3.00.